The molecule has 2 N–H and O–H groups in total. The Bertz CT molecular complexity index is 1170. The van der Waals surface area contributed by atoms with E-state index in [2.05, 4.69) is 51.3 Å². The number of fused-ring (bicyclic) bond motifs is 3. The predicted molar refractivity (Wildman–Crippen MR) is 132 cm³/mol. The van der Waals surface area contributed by atoms with Crippen LogP contribution in [0.25, 0.3) is 10.9 Å². The lowest BCUT2D eigenvalue weighted by Gasteiger charge is -2.43. The SMILES string of the molecule is Cc1c(C(=O)NC2C3(C)CCC(C3)C2(C)C)c2cccc(Br)c2n1CCCNS(C)(=O)=O. The summed E-state index contributed by atoms with van der Waals surface area (Å²) < 4.78 is 28.4. The lowest BCUT2D eigenvalue weighted by atomic mass is 9.68. The van der Waals surface area contributed by atoms with Gasteiger partial charge in [0.05, 0.1) is 17.3 Å². The molecular formula is C24H34BrN3O3S. The molecule has 1 aromatic carbocycles. The fourth-order valence-corrected chi connectivity index (χ4v) is 7.51. The first-order valence-corrected chi connectivity index (χ1v) is 14.1. The normalized spacial score (nSPS) is 26.7. The van der Waals surface area contributed by atoms with E-state index < -0.39 is 10.0 Å². The van der Waals surface area contributed by atoms with Gasteiger partial charge in [0.2, 0.25) is 10.0 Å². The van der Waals surface area contributed by atoms with Gasteiger partial charge in [0.25, 0.3) is 5.91 Å². The molecule has 3 unspecified atom stereocenters. The van der Waals surface area contributed by atoms with Crippen molar-refractivity contribution in [2.75, 3.05) is 12.8 Å². The lowest BCUT2D eigenvalue weighted by molar-refractivity contribution is 0.0738. The van der Waals surface area contributed by atoms with E-state index in [1.807, 2.05) is 25.1 Å². The molecule has 0 radical (unpaired) electrons. The number of carbonyl (C=O) groups is 1. The summed E-state index contributed by atoms with van der Waals surface area (Å²) in [5.41, 5.74) is 2.86. The third kappa shape index (κ3) is 4.03. The van der Waals surface area contributed by atoms with Crippen molar-refractivity contribution in [1.29, 1.82) is 0 Å². The summed E-state index contributed by atoms with van der Waals surface area (Å²) in [6.07, 6.45) is 5.41. The van der Waals surface area contributed by atoms with Crippen LogP contribution in [-0.4, -0.2) is 37.7 Å². The molecular weight excluding hydrogens is 490 g/mol. The zero-order valence-corrected chi connectivity index (χ0v) is 22.0. The highest BCUT2D eigenvalue weighted by Gasteiger charge is 2.59. The summed E-state index contributed by atoms with van der Waals surface area (Å²) in [6.45, 7) is 9.89. The van der Waals surface area contributed by atoms with Crippen molar-refractivity contribution in [3.63, 3.8) is 0 Å². The molecule has 3 atom stereocenters. The quantitative estimate of drug-likeness (QED) is 0.520. The Labute approximate surface area is 199 Å². The molecule has 2 aromatic rings. The van der Waals surface area contributed by atoms with Gasteiger partial charge in [-0.1, -0.05) is 32.9 Å². The minimum atomic E-state index is -3.21. The molecule has 176 valence electrons. The van der Waals surface area contributed by atoms with Gasteiger partial charge < -0.3 is 9.88 Å². The van der Waals surface area contributed by atoms with Gasteiger partial charge in [-0.3, -0.25) is 4.79 Å². The molecule has 32 heavy (non-hydrogen) atoms. The highest BCUT2D eigenvalue weighted by Crippen LogP contribution is 2.62. The number of para-hydroxylation sites is 1. The van der Waals surface area contributed by atoms with Crippen molar-refractivity contribution in [2.45, 2.75) is 66.0 Å². The largest absolute Gasteiger partial charge is 0.348 e. The maximum absolute atomic E-state index is 13.7. The maximum atomic E-state index is 13.7. The Morgan fingerprint density at radius 2 is 2.00 bits per heavy atom. The Hall–Kier alpha value is -1.38. The molecule has 0 saturated heterocycles. The fourth-order valence-electron chi connectivity index (χ4n) is 6.42. The van der Waals surface area contributed by atoms with Crippen LogP contribution in [0.3, 0.4) is 0 Å². The number of aryl methyl sites for hydroxylation is 1. The van der Waals surface area contributed by atoms with Gasteiger partial charge in [-0.25, -0.2) is 13.1 Å². The van der Waals surface area contributed by atoms with E-state index in [1.165, 1.54) is 25.5 Å². The zero-order valence-electron chi connectivity index (χ0n) is 19.6. The van der Waals surface area contributed by atoms with Gasteiger partial charge in [0.1, 0.15) is 0 Å². The molecule has 6 nitrogen and oxygen atoms in total. The van der Waals surface area contributed by atoms with E-state index in [0.717, 1.165) is 26.6 Å². The van der Waals surface area contributed by atoms with E-state index in [1.54, 1.807) is 0 Å². The standard InChI is InChI=1S/C24H34BrN3O3S/c1-15-19(21(29)27-22-23(2,3)16-10-11-24(22,4)14-16)17-8-6-9-18(25)20(17)28(15)13-7-12-26-32(5,30)31/h6,8-9,16,22,26H,7,10-14H2,1-5H3,(H,27,29). The minimum Gasteiger partial charge on any atom is -0.348 e. The highest BCUT2D eigenvalue weighted by molar-refractivity contribution is 9.10. The van der Waals surface area contributed by atoms with Crippen molar-refractivity contribution in [3.8, 4) is 0 Å². The van der Waals surface area contributed by atoms with E-state index >= 15 is 0 Å². The molecule has 4 rings (SSSR count). The topological polar surface area (TPSA) is 80.2 Å². The predicted octanol–water partition coefficient (Wildman–Crippen LogP) is 4.60. The molecule has 8 heteroatoms. The molecule has 2 bridgehead atoms. The van der Waals surface area contributed by atoms with Crippen molar-refractivity contribution in [3.05, 3.63) is 33.9 Å². The molecule has 1 aromatic heterocycles. The summed E-state index contributed by atoms with van der Waals surface area (Å²) in [6, 6.07) is 6.10. The van der Waals surface area contributed by atoms with Gasteiger partial charge in [-0.2, -0.15) is 0 Å². The summed E-state index contributed by atoms with van der Waals surface area (Å²) in [5.74, 6) is 0.655. The third-order valence-corrected chi connectivity index (χ3v) is 9.36. The van der Waals surface area contributed by atoms with Gasteiger partial charge >= 0.3 is 0 Å². The number of hydrogen-bond donors (Lipinski definition) is 2. The Kier molecular flexibility index (Phi) is 6.04. The number of hydrogen-bond acceptors (Lipinski definition) is 3. The number of aromatic nitrogens is 1. The van der Waals surface area contributed by atoms with Crippen LogP contribution in [0.2, 0.25) is 0 Å². The van der Waals surface area contributed by atoms with Crippen LogP contribution in [0.1, 0.15) is 62.5 Å². The second kappa shape index (κ2) is 8.13. The van der Waals surface area contributed by atoms with Crippen LogP contribution in [0.4, 0.5) is 0 Å². The van der Waals surface area contributed by atoms with Crippen LogP contribution in [-0.2, 0) is 16.6 Å². The zero-order chi connectivity index (χ0) is 23.5. The van der Waals surface area contributed by atoms with E-state index in [-0.39, 0.29) is 22.8 Å². The van der Waals surface area contributed by atoms with E-state index in [9.17, 15) is 13.2 Å². The van der Waals surface area contributed by atoms with Gasteiger partial charge in [-0.15, -0.1) is 0 Å². The molecule has 1 heterocycles. The Morgan fingerprint density at radius 1 is 1.28 bits per heavy atom. The van der Waals surface area contributed by atoms with Crippen LogP contribution in [0.15, 0.2) is 22.7 Å². The first-order valence-electron chi connectivity index (χ1n) is 11.4. The first kappa shape index (κ1) is 23.8. The summed E-state index contributed by atoms with van der Waals surface area (Å²) in [7, 11) is -3.21. The molecule has 2 aliphatic rings. The molecule has 0 spiro atoms. The number of nitrogens with zero attached hydrogens (tertiary/aromatic N) is 1. The second-order valence-corrected chi connectivity index (χ2v) is 13.3. The number of amides is 1. The summed E-state index contributed by atoms with van der Waals surface area (Å²) >= 11 is 3.66. The van der Waals surface area contributed by atoms with E-state index in [0.29, 0.717) is 25.4 Å². The number of benzene rings is 1. The van der Waals surface area contributed by atoms with Crippen LogP contribution in [0, 0.1) is 23.7 Å². The van der Waals surface area contributed by atoms with Crippen LogP contribution >= 0.6 is 15.9 Å². The summed E-state index contributed by atoms with van der Waals surface area (Å²) in [5, 5.41) is 4.38. The molecule has 0 aliphatic heterocycles. The Morgan fingerprint density at radius 3 is 2.62 bits per heavy atom. The van der Waals surface area contributed by atoms with Crippen molar-refractivity contribution in [2.24, 2.45) is 16.7 Å². The fraction of sp³-hybridized carbons (Fsp3) is 0.625. The molecule has 2 fully saturated rings. The van der Waals surface area contributed by atoms with Gasteiger partial charge in [0, 0.05) is 34.7 Å². The minimum absolute atomic E-state index is 0.00883. The van der Waals surface area contributed by atoms with Crippen molar-refractivity contribution >= 4 is 42.8 Å². The smallest absolute Gasteiger partial charge is 0.253 e. The lowest BCUT2D eigenvalue weighted by Crippen LogP contribution is -2.52. The molecule has 2 aliphatic carbocycles. The van der Waals surface area contributed by atoms with Crippen molar-refractivity contribution in [1.82, 2.24) is 14.6 Å². The third-order valence-electron chi connectivity index (χ3n) is 7.99. The van der Waals surface area contributed by atoms with Crippen molar-refractivity contribution < 1.29 is 13.2 Å². The number of sulfonamides is 1. The van der Waals surface area contributed by atoms with Gasteiger partial charge in [-0.05, 0) is 71.4 Å². The van der Waals surface area contributed by atoms with Gasteiger partial charge in [0.15, 0.2) is 0 Å². The van der Waals surface area contributed by atoms with Crippen LogP contribution in [0.5, 0.6) is 0 Å². The number of rotatable bonds is 7. The van der Waals surface area contributed by atoms with E-state index in [4.69, 9.17) is 0 Å². The average Bonchev–Trinajstić information content (AvgIpc) is 3.27. The second-order valence-electron chi connectivity index (χ2n) is 10.6. The number of halogens is 1. The number of carbonyl (C=O) groups excluding carboxylic acids is 1. The first-order chi connectivity index (χ1) is 14.8. The van der Waals surface area contributed by atoms with Crippen LogP contribution < -0.4 is 10.0 Å². The maximum Gasteiger partial charge on any atom is 0.253 e. The summed E-state index contributed by atoms with van der Waals surface area (Å²) in [4.78, 5) is 13.7. The number of nitrogens with one attached hydrogen (secondary N) is 2. The Balaban J connectivity index is 1.65. The molecule has 1 amide bonds. The average molecular weight is 525 g/mol. The highest BCUT2D eigenvalue weighted by atomic mass is 79.9. The monoisotopic (exact) mass is 523 g/mol. The molecule has 2 saturated carbocycles.